The summed E-state index contributed by atoms with van der Waals surface area (Å²) < 4.78 is 19.5. The van der Waals surface area contributed by atoms with Gasteiger partial charge >= 0.3 is 0 Å². The van der Waals surface area contributed by atoms with Crippen LogP contribution in [0, 0.1) is 18.7 Å². The topological polar surface area (TPSA) is 26.6 Å². The second-order valence-corrected chi connectivity index (χ2v) is 6.33. The first kappa shape index (κ1) is 18.7. The van der Waals surface area contributed by atoms with Crippen LogP contribution in [0.15, 0.2) is 30.6 Å². The van der Waals surface area contributed by atoms with Crippen molar-refractivity contribution in [2.75, 3.05) is 7.05 Å². The molecule has 121 valence electrons. The van der Waals surface area contributed by atoms with Gasteiger partial charge in [-0.3, -0.25) is 0 Å². The summed E-state index contributed by atoms with van der Waals surface area (Å²) >= 11 is 0. The number of fused-ring (bicyclic) bond motifs is 1. The molecule has 0 N–H and O–H groups in total. The molecule has 1 aromatic carbocycles. The van der Waals surface area contributed by atoms with Crippen molar-refractivity contribution in [1.29, 1.82) is 0 Å². The zero-order chi connectivity index (χ0) is 14.5. The second-order valence-electron chi connectivity index (χ2n) is 6.33. The van der Waals surface area contributed by atoms with Crippen molar-refractivity contribution in [3.63, 3.8) is 0 Å². The first-order chi connectivity index (χ1) is 9.36. The maximum Gasteiger partial charge on any atom is 0.176 e. The molecule has 3 rings (SSSR count). The van der Waals surface area contributed by atoms with E-state index >= 15 is 0 Å². The number of aromatic nitrogens is 1. The maximum atomic E-state index is 13.4. The Labute approximate surface area is 145 Å². The minimum atomic E-state index is -0.258. The molecule has 0 aliphatic carbocycles. The number of hydrogen-bond acceptors (Lipinski definition) is 2. The van der Waals surface area contributed by atoms with Gasteiger partial charge in [-0.15, -0.1) is 5.52 Å². The van der Waals surface area contributed by atoms with E-state index in [-0.39, 0.29) is 45.3 Å². The largest absolute Gasteiger partial charge is 0.663 e. The number of benzene rings is 1. The molecule has 0 spiro atoms. The Hall–Kier alpha value is -1.31. The standard InChI is InChI=1S/C16H18FN2O.CH3.Re/c1-16(2,3)15-19(4)9-14(20-15)12-8-18-13-6-5-10(17)7-11(12)13;;/h5-9,15H,1-4H3;1H3;/q2*-1;. The van der Waals surface area contributed by atoms with Gasteiger partial charge in [-0.1, -0.05) is 26.8 Å². The van der Waals surface area contributed by atoms with Gasteiger partial charge in [0.2, 0.25) is 0 Å². The minimum absolute atomic E-state index is 0. The number of rotatable bonds is 1. The number of nitrogens with zero attached hydrogens (tertiary/aromatic N) is 2. The fourth-order valence-electron chi connectivity index (χ4n) is 2.64. The number of ether oxygens (including phenoxy) is 1. The van der Waals surface area contributed by atoms with Gasteiger partial charge in [0.15, 0.2) is 6.23 Å². The van der Waals surface area contributed by atoms with Gasteiger partial charge in [-0.2, -0.15) is 6.20 Å². The maximum absolute atomic E-state index is 13.4. The molecule has 0 bridgehead atoms. The van der Waals surface area contributed by atoms with Crippen molar-refractivity contribution >= 4 is 16.7 Å². The molecule has 1 unspecified atom stereocenters. The predicted octanol–water partition coefficient (Wildman–Crippen LogP) is 4.02. The van der Waals surface area contributed by atoms with Crippen molar-refractivity contribution in [3.8, 4) is 0 Å². The Morgan fingerprint density at radius 3 is 2.55 bits per heavy atom. The Morgan fingerprint density at radius 1 is 1.27 bits per heavy atom. The fraction of sp³-hybridized carbons (Fsp3) is 0.353. The molecule has 1 radical (unpaired) electrons. The molecule has 5 heteroatoms. The molecule has 2 aromatic rings. The molecule has 0 saturated carbocycles. The normalized spacial score (nSPS) is 17.6. The smallest absolute Gasteiger partial charge is 0.176 e. The first-order valence-corrected chi connectivity index (χ1v) is 6.68. The van der Waals surface area contributed by atoms with Crippen molar-refractivity contribution in [3.05, 3.63) is 49.4 Å². The van der Waals surface area contributed by atoms with Crippen LogP contribution in [0.2, 0.25) is 0 Å². The van der Waals surface area contributed by atoms with E-state index in [0.717, 1.165) is 22.2 Å². The second kappa shape index (κ2) is 6.44. The van der Waals surface area contributed by atoms with Crippen molar-refractivity contribution in [2.45, 2.75) is 27.0 Å². The Bertz CT molecular complexity index is 688. The predicted molar refractivity (Wildman–Crippen MR) is 83.7 cm³/mol. The van der Waals surface area contributed by atoms with Crippen LogP contribution in [0.5, 0.6) is 0 Å². The van der Waals surface area contributed by atoms with Crippen LogP contribution in [-0.2, 0) is 25.2 Å². The molecular weight excluding hydrogens is 453 g/mol. The SMILES string of the molecule is CN1C=C(c2c[n-]c3ccc(F)cc23)OC1C(C)(C)C.[CH3-].[Re]. The van der Waals surface area contributed by atoms with E-state index < -0.39 is 0 Å². The van der Waals surface area contributed by atoms with E-state index in [4.69, 9.17) is 4.74 Å². The van der Waals surface area contributed by atoms with Crippen molar-refractivity contribution < 1.29 is 29.6 Å². The molecule has 1 atom stereocenters. The van der Waals surface area contributed by atoms with Gasteiger partial charge < -0.3 is 22.0 Å². The van der Waals surface area contributed by atoms with E-state index in [9.17, 15) is 4.39 Å². The Balaban J connectivity index is 0.00000121. The van der Waals surface area contributed by atoms with Gasteiger partial charge in [-0.25, -0.2) is 4.39 Å². The molecule has 3 nitrogen and oxygen atoms in total. The van der Waals surface area contributed by atoms with Crippen LogP contribution in [0.25, 0.3) is 16.7 Å². The third-order valence-electron chi connectivity index (χ3n) is 3.52. The summed E-state index contributed by atoms with van der Waals surface area (Å²) in [4.78, 5) is 6.36. The van der Waals surface area contributed by atoms with Crippen molar-refractivity contribution in [2.24, 2.45) is 5.41 Å². The third-order valence-corrected chi connectivity index (χ3v) is 3.52. The molecule has 1 aliphatic rings. The van der Waals surface area contributed by atoms with Crippen LogP contribution in [0.4, 0.5) is 4.39 Å². The molecule has 1 aliphatic heterocycles. The van der Waals surface area contributed by atoms with Gasteiger partial charge in [0, 0.05) is 44.6 Å². The quantitative estimate of drug-likeness (QED) is 0.585. The van der Waals surface area contributed by atoms with E-state index in [1.165, 1.54) is 12.1 Å². The zero-order valence-electron chi connectivity index (χ0n) is 13.5. The van der Waals surface area contributed by atoms with E-state index in [1.54, 1.807) is 12.3 Å². The molecule has 0 amide bonds. The summed E-state index contributed by atoms with van der Waals surface area (Å²) in [6, 6.07) is 4.62. The van der Waals surface area contributed by atoms with Gasteiger partial charge in [0.25, 0.3) is 0 Å². The van der Waals surface area contributed by atoms with Crippen LogP contribution in [-0.4, -0.2) is 18.2 Å². The minimum Gasteiger partial charge on any atom is -0.663 e. The molecule has 0 saturated heterocycles. The van der Waals surface area contributed by atoms with Gasteiger partial charge in [0.1, 0.15) is 11.6 Å². The summed E-state index contributed by atoms with van der Waals surface area (Å²) in [5.41, 5.74) is 1.62. The molecule has 2 heterocycles. The average molecular weight is 475 g/mol. The molecular formula is C17H21FN2ORe-2. The summed E-state index contributed by atoms with van der Waals surface area (Å²) in [5, 5.41) is 0.791. The van der Waals surface area contributed by atoms with Gasteiger partial charge in [0.05, 0.1) is 0 Å². The molecule has 1 aromatic heterocycles. The molecule has 22 heavy (non-hydrogen) atoms. The van der Waals surface area contributed by atoms with Crippen LogP contribution < -0.4 is 4.98 Å². The number of halogens is 1. The summed E-state index contributed by atoms with van der Waals surface area (Å²) in [7, 11) is 1.99. The van der Waals surface area contributed by atoms with Crippen LogP contribution in [0.3, 0.4) is 0 Å². The zero-order valence-corrected chi connectivity index (χ0v) is 16.2. The number of hydrogen-bond donors (Lipinski definition) is 0. The third kappa shape index (κ3) is 3.21. The van der Waals surface area contributed by atoms with E-state index in [2.05, 4.69) is 25.8 Å². The summed E-state index contributed by atoms with van der Waals surface area (Å²) in [6.07, 6.45) is 3.67. The summed E-state index contributed by atoms with van der Waals surface area (Å²) in [6.45, 7) is 6.39. The van der Waals surface area contributed by atoms with Crippen LogP contribution >= 0.6 is 0 Å². The van der Waals surface area contributed by atoms with Gasteiger partial charge in [-0.05, 0) is 17.5 Å². The summed E-state index contributed by atoms with van der Waals surface area (Å²) in [5.74, 6) is 0.492. The van der Waals surface area contributed by atoms with Crippen molar-refractivity contribution in [1.82, 2.24) is 9.88 Å². The average Bonchev–Trinajstić information content (AvgIpc) is 2.91. The fourth-order valence-corrected chi connectivity index (χ4v) is 2.64. The first-order valence-electron chi connectivity index (χ1n) is 6.68. The monoisotopic (exact) mass is 475 g/mol. The Morgan fingerprint density at radius 2 is 1.95 bits per heavy atom. The molecule has 0 fully saturated rings. The Kier molecular flexibility index (Phi) is 5.48. The van der Waals surface area contributed by atoms with E-state index in [1.807, 2.05) is 18.1 Å². The van der Waals surface area contributed by atoms with Crippen LogP contribution in [0.1, 0.15) is 26.3 Å². The van der Waals surface area contributed by atoms with E-state index in [0.29, 0.717) is 0 Å².